The molecule has 0 aromatic carbocycles. The van der Waals surface area contributed by atoms with E-state index >= 15 is 0 Å². The maximum absolute atomic E-state index is 5.69. The highest BCUT2D eigenvalue weighted by Gasteiger charge is 2.19. The van der Waals surface area contributed by atoms with Gasteiger partial charge in [-0.25, -0.2) is 4.98 Å². The van der Waals surface area contributed by atoms with Crippen molar-refractivity contribution in [1.82, 2.24) is 10.3 Å². The second-order valence-corrected chi connectivity index (χ2v) is 3.95. The lowest BCUT2D eigenvalue weighted by molar-refractivity contribution is 0.672. The predicted octanol–water partition coefficient (Wildman–Crippen LogP) is 2.49. The Kier molecular flexibility index (Phi) is 2.47. The first-order chi connectivity index (χ1) is 6.25. The van der Waals surface area contributed by atoms with Crippen molar-refractivity contribution in [2.24, 2.45) is 0 Å². The van der Waals surface area contributed by atoms with Gasteiger partial charge in [-0.2, -0.15) is 0 Å². The lowest BCUT2D eigenvalue weighted by Crippen LogP contribution is -2.16. The molecule has 1 aliphatic rings. The normalized spacial score (nSPS) is 21.6. The zero-order valence-corrected chi connectivity index (χ0v) is 8.53. The van der Waals surface area contributed by atoms with Gasteiger partial charge in [-0.1, -0.05) is 29.9 Å². The molecule has 1 aliphatic heterocycles. The van der Waals surface area contributed by atoms with E-state index in [9.17, 15) is 0 Å². The topological polar surface area (TPSA) is 24.9 Å². The molecular formula is C9H9ClN2S. The number of hydrogen-bond acceptors (Lipinski definition) is 2. The average Bonchev–Trinajstić information content (AvgIpc) is 2.53. The van der Waals surface area contributed by atoms with E-state index in [1.165, 1.54) is 0 Å². The van der Waals surface area contributed by atoms with Gasteiger partial charge >= 0.3 is 0 Å². The Bertz CT molecular complexity index is 323. The van der Waals surface area contributed by atoms with E-state index in [0.717, 1.165) is 23.4 Å². The fraction of sp³-hybridized carbons (Fsp3) is 0.333. The molecule has 1 aromatic heterocycles. The van der Waals surface area contributed by atoms with E-state index in [1.807, 2.05) is 6.07 Å². The molecule has 1 atom stereocenters. The number of rotatable bonds is 1. The highest BCUT2D eigenvalue weighted by Crippen LogP contribution is 2.24. The summed E-state index contributed by atoms with van der Waals surface area (Å²) in [5, 5.41) is 3.77. The molecule has 1 saturated heterocycles. The Morgan fingerprint density at radius 1 is 1.54 bits per heavy atom. The SMILES string of the molecule is S=C1CCC(c2ccc(Cl)nc2)N1. The Morgan fingerprint density at radius 2 is 2.38 bits per heavy atom. The van der Waals surface area contributed by atoms with Crippen LogP contribution in [0.25, 0.3) is 0 Å². The summed E-state index contributed by atoms with van der Waals surface area (Å²) in [6.07, 6.45) is 3.83. The van der Waals surface area contributed by atoms with Crippen molar-refractivity contribution in [1.29, 1.82) is 0 Å². The largest absolute Gasteiger partial charge is 0.373 e. The molecule has 68 valence electrons. The van der Waals surface area contributed by atoms with Crippen LogP contribution >= 0.6 is 23.8 Å². The van der Waals surface area contributed by atoms with E-state index in [0.29, 0.717) is 11.2 Å². The smallest absolute Gasteiger partial charge is 0.129 e. The Morgan fingerprint density at radius 3 is 2.92 bits per heavy atom. The molecule has 0 saturated carbocycles. The summed E-state index contributed by atoms with van der Waals surface area (Å²) in [4.78, 5) is 4.98. The summed E-state index contributed by atoms with van der Waals surface area (Å²) in [5.41, 5.74) is 1.16. The molecule has 0 bridgehead atoms. The van der Waals surface area contributed by atoms with Gasteiger partial charge in [0, 0.05) is 6.20 Å². The van der Waals surface area contributed by atoms with Crippen molar-refractivity contribution < 1.29 is 0 Å². The maximum Gasteiger partial charge on any atom is 0.129 e. The van der Waals surface area contributed by atoms with Crippen molar-refractivity contribution in [2.75, 3.05) is 0 Å². The van der Waals surface area contributed by atoms with Crippen molar-refractivity contribution in [2.45, 2.75) is 18.9 Å². The lowest BCUT2D eigenvalue weighted by atomic mass is 10.1. The number of nitrogens with zero attached hydrogens (tertiary/aromatic N) is 1. The number of nitrogens with one attached hydrogen (secondary N) is 1. The van der Waals surface area contributed by atoms with Gasteiger partial charge < -0.3 is 5.32 Å². The minimum Gasteiger partial charge on any atom is -0.373 e. The highest BCUT2D eigenvalue weighted by atomic mass is 35.5. The molecule has 1 aromatic rings. The highest BCUT2D eigenvalue weighted by molar-refractivity contribution is 7.80. The van der Waals surface area contributed by atoms with Gasteiger partial charge in [0.1, 0.15) is 5.15 Å². The second-order valence-electron chi connectivity index (χ2n) is 3.07. The van der Waals surface area contributed by atoms with E-state index in [1.54, 1.807) is 12.3 Å². The van der Waals surface area contributed by atoms with Crippen LogP contribution in [0.1, 0.15) is 24.4 Å². The van der Waals surface area contributed by atoms with Crippen LogP contribution in [0.15, 0.2) is 18.3 Å². The zero-order valence-electron chi connectivity index (χ0n) is 6.96. The van der Waals surface area contributed by atoms with Crippen LogP contribution in [-0.2, 0) is 0 Å². The first-order valence-electron chi connectivity index (χ1n) is 4.16. The third-order valence-electron chi connectivity index (χ3n) is 2.15. The van der Waals surface area contributed by atoms with Crippen molar-refractivity contribution in [3.63, 3.8) is 0 Å². The van der Waals surface area contributed by atoms with Crippen LogP contribution in [0.3, 0.4) is 0 Å². The van der Waals surface area contributed by atoms with Crippen LogP contribution in [0.5, 0.6) is 0 Å². The number of thiocarbonyl (C=S) groups is 1. The summed E-state index contributed by atoms with van der Waals surface area (Å²) < 4.78 is 0. The third kappa shape index (κ3) is 1.98. The summed E-state index contributed by atoms with van der Waals surface area (Å²) in [6.45, 7) is 0. The lowest BCUT2D eigenvalue weighted by Gasteiger charge is -2.09. The van der Waals surface area contributed by atoms with Gasteiger partial charge in [0.25, 0.3) is 0 Å². The Labute approximate surface area is 87.3 Å². The fourth-order valence-electron chi connectivity index (χ4n) is 1.46. The van der Waals surface area contributed by atoms with Crippen LogP contribution in [0, 0.1) is 0 Å². The Hall–Kier alpha value is -0.670. The molecule has 0 aliphatic carbocycles. The van der Waals surface area contributed by atoms with E-state index in [4.69, 9.17) is 23.8 Å². The van der Waals surface area contributed by atoms with Crippen LogP contribution in [0.4, 0.5) is 0 Å². The van der Waals surface area contributed by atoms with Gasteiger partial charge in [-0.15, -0.1) is 0 Å². The summed E-state index contributed by atoms with van der Waals surface area (Å²) in [5.74, 6) is 0. The van der Waals surface area contributed by atoms with Gasteiger partial charge in [-0.05, 0) is 24.5 Å². The molecule has 1 N–H and O–H groups in total. The molecule has 2 heterocycles. The minimum absolute atomic E-state index is 0.331. The maximum atomic E-state index is 5.69. The third-order valence-corrected chi connectivity index (χ3v) is 2.69. The number of aromatic nitrogens is 1. The standard InChI is InChI=1S/C9H9ClN2S/c10-8-3-1-6(5-11-8)7-2-4-9(13)12-7/h1,3,5,7H,2,4H2,(H,12,13). The zero-order chi connectivity index (χ0) is 9.26. The molecular weight excluding hydrogens is 204 g/mol. The molecule has 4 heteroatoms. The van der Waals surface area contributed by atoms with Gasteiger partial charge in [0.2, 0.25) is 0 Å². The van der Waals surface area contributed by atoms with E-state index in [2.05, 4.69) is 10.3 Å². The van der Waals surface area contributed by atoms with Gasteiger partial charge in [0.05, 0.1) is 11.0 Å². The van der Waals surface area contributed by atoms with Crippen molar-refractivity contribution in [3.8, 4) is 0 Å². The minimum atomic E-state index is 0.331. The van der Waals surface area contributed by atoms with Crippen LogP contribution in [0.2, 0.25) is 5.15 Å². The molecule has 1 fully saturated rings. The fourth-order valence-corrected chi connectivity index (χ4v) is 1.83. The number of hydrogen-bond donors (Lipinski definition) is 1. The molecule has 0 amide bonds. The number of halogens is 1. The molecule has 1 unspecified atom stereocenters. The molecule has 0 spiro atoms. The average molecular weight is 213 g/mol. The van der Waals surface area contributed by atoms with Gasteiger partial charge in [-0.3, -0.25) is 0 Å². The first kappa shape index (κ1) is 8.91. The quantitative estimate of drug-likeness (QED) is 0.572. The van der Waals surface area contributed by atoms with Crippen molar-refractivity contribution in [3.05, 3.63) is 29.0 Å². The molecule has 0 radical (unpaired) electrons. The Balaban J connectivity index is 2.17. The summed E-state index contributed by atoms with van der Waals surface area (Å²) in [7, 11) is 0. The van der Waals surface area contributed by atoms with E-state index < -0.39 is 0 Å². The first-order valence-corrected chi connectivity index (χ1v) is 4.95. The predicted molar refractivity (Wildman–Crippen MR) is 57.0 cm³/mol. The molecule has 2 nitrogen and oxygen atoms in total. The monoisotopic (exact) mass is 212 g/mol. The summed E-state index contributed by atoms with van der Waals surface area (Å²) >= 11 is 10.8. The number of pyridine rings is 1. The van der Waals surface area contributed by atoms with E-state index in [-0.39, 0.29) is 0 Å². The molecule has 13 heavy (non-hydrogen) atoms. The second kappa shape index (κ2) is 3.60. The summed E-state index contributed by atoms with van der Waals surface area (Å²) in [6, 6.07) is 4.12. The van der Waals surface area contributed by atoms with Gasteiger partial charge in [0.15, 0.2) is 0 Å². The van der Waals surface area contributed by atoms with Crippen molar-refractivity contribution >= 4 is 28.8 Å². The molecule has 2 rings (SSSR count). The van der Waals surface area contributed by atoms with Crippen LogP contribution in [-0.4, -0.2) is 9.97 Å². The van der Waals surface area contributed by atoms with Crippen LogP contribution < -0.4 is 5.32 Å².